The molecule has 0 bridgehead atoms. The lowest BCUT2D eigenvalue weighted by molar-refractivity contribution is -0.0656. The van der Waals surface area contributed by atoms with Crippen molar-refractivity contribution < 1.29 is 23.4 Å². The van der Waals surface area contributed by atoms with Crippen LogP contribution in [0.5, 0.6) is 5.75 Å². The fraction of sp³-hybridized carbons (Fsp3) is 0.538. The molecule has 0 radical (unpaired) electrons. The highest BCUT2D eigenvalue weighted by atomic mass is 19.1. The van der Waals surface area contributed by atoms with Crippen LogP contribution in [0.3, 0.4) is 0 Å². The van der Waals surface area contributed by atoms with Gasteiger partial charge in [-0.05, 0) is 19.3 Å². The fourth-order valence-corrected chi connectivity index (χ4v) is 2.16. The molecule has 1 aliphatic rings. The van der Waals surface area contributed by atoms with Crippen LogP contribution in [-0.4, -0.2) is 24.9 Å². The highest BCUT2D eigenvalue weighted by Gasteiger charge is 2.29. The molecule has 1 fully saturated rings. The van der Waals surface area contributed by atoms with Gasteiger partial charge in [-0.3, -0.25) is 0 Å². The number of ether oxygens (including phenoxy) is 2. The van der Waals surface area contributed by atoms with Crippen molar-refractivity contribution in [1.29, 1.82) is 0 Å². The second-order valence-electron chi connectivity index (χ2n) is 4.35. The van der Waals surface area contributed by atoms with E-state index in [1.807, 2.05) is 0 Å². The molecule has 1 heterocycles. The number of halogens is 2. The standard InChI is InChI=1S/C13H16F2O3/c1-17-8-6-9(14)12(10(15)7-8)13(16)11-4-2-3-5-18-11/h6-7,11,13,16H,2-5H2,1H3. The molecule has 100 valence electrons. The first-order valence-electron chi connectivity index (χ1n) is 5.96. The number of hydrogen-bond acceptors (Lipinski definition) is 3. The smallest absolute Gasteiger partial charge is 0.135 e. The van der Waals surface area contributed by atoms with Crippen molar-refractivity contribution in [2.45, 2.75) is 31.5 Å². The van der Waals surface area contributed by atoms with Crippen LogP contribution >= 0.6 is 0 Å². The SMILES string of the molecule is COc1cc(F)c(C(O)C2CCCCO2)c(F)c1. The molecule has 2 unspecified atom stereocenters. The zero-order valence-electron chi connectivity index (χ0n) is 10.2. The summed E-state index contributed by atoms with van der Waals surface area (Å²) < 4.78 is 37.6. The van der Waals surface area contributed by atoms with Crippen LogP contribution in [0.25, 0.3) is 0 Å². The zero-order valence-corrected chi connectivity index (χ0v) is 10.2. The van der Waals surface area contributed by atoms with Gasteiger partial charge in [-0.15, -0.1) is 0 Å². The van der Waals surface area contributed by atoms with E-state index >= 15 is 0 Å². The molecule has 5 heteroatoms. The van der Waals surface area contributed by atoms with Crippen molar-refractivity contribution in [2.24, 2.45) is 0 Å². The van der Waals surface area contributed by atoms with Crippen LogP contribution in [0, 0.1) is 11.6 Å². The van der Waals surface area contributed by atoms with Crippen LogP contribution in [0.15, 0.2) is 12.1 Å². The highest BCUT2D eigenvalue weighted by molar-refractivity contribution is 5.32. The van der Waals surface area contributed by atoms with Gasteiger partial charge in [0.15, 0.2) is 0 Å². The summed E-state index contributed by atoms with van der Waals surface area (Å²) in [5.74, 6) is -1.53. The molecule has 1 aromatic rings. The number of benzene rings is 1. The van der Waals surface area contributed by atoms with E-state index in [0.29, 0.717) is 13.0 Å². The Bertz CT molecular complexity index is 394. The first-order chi connectivity index (χ1) is 8.63. The van der Waals surface area contributed by atoms with Crippen molar-refractivity contribution in [3.05, 3.63) is 29.3 Å². The molecule has 1 aliphatic heterocycles. The average molecular weight is 258 g/mol. The van der Waals surface area contributed by atoms with E-state index in [1.165, 1.54) is 7.11 Å². The first kappa shape index (κ1) is 13.2. The fourth-order valence-electron chi connectivity index (χ4n) is 2.16. The summed E-state index contributed by atoms with van der Waals surface area (Å²) in [7, 11) is 1.33. The van der Waals surface area contributed by atoms with E-state index in [0.717, 1.165) is 25.0 Å². The summed E-state index contributed by atoms with van der Waals surface area (Å²) in [6, 6.07) is 2.12. The molecule has 2 rings (SSSR count). The van der Waals surface area contributed by atoms with Crippen LogP contribution in [-0.2, 0) is 4.74 Å². The topological polar surface area (TPSA) is 38.7 Å². The zero-order chi connectivity index (χ0) is 13.1. The molecule has 0 saturated carbocycles. The molecule has 1 N–H and O–H groups in total. The van der Waals surface area contributed by atoms with E-state index in [4.69, 9.17) is 9.47 Å². The van der Waals surface area contributed by atoms with Gasteiger partial charge in [0.25, 0.3) is 0 Å². The van der Waals surface area contributed by atoms with E-state index in [2.05, 4.69) is 0 Å². The molecule has 0 aromatic heterocycles. The van der Waals surface area contributed by atoms with Gasteiger partial charge in [-0.25, -0.2) is 8.78 Å². The number of methoxy groups -OCH3 is 1. The molecule has 1 aromatic carbocycles. The van der Waals surface area contributed by atoms with Crippen LogP contribution in [0.4, 0.5) is 8.78 Å². The van der Waals surface area contributed by atoms with Gasteiger partial charge in [0, 0.05) is 18.7 Å². The summed E-state index contributed by atoms with van der Waals surface area (Å²) >= 11 is 0. The molecule has 18 heavy (non-hydrogen) atoms. The van der Waals surface area contributed by atoms with Gasteiger partial charge in [0.1, 0.15) is 23.5 Å². The molecular weight excluding hydrogens is 242 g/mol. The monoisotopic (exact) mass is 258 g/mol. The van der Waals surface area contributed by atoms with Crippen molar-refractivity contribution in [1.82, 2.24) is 0 Å². The summed E-state index contributed by atoms with van der Waals surface area (Å²) in [5, 5.41) is 10.0. The summed E-state index contributed by atoms with van der Waals surface area (Å²) in [6.45, 7) is 0.515. The number of aliphatic hydroxyl groups is 1. The molecule has 1 saturated heterocycles. The van der Waals surface area contributed by atoms with Crippen LogP contribution in [0.1, 0.15) is 30.9 Å². The molecule has 2 atom stereocenters. The maximum Gasteiger partial charge on any atom is 0.135 e. The van der Waals surface area contributed by atoms with E-state index < -0.39 is 23.8 Å². The van der Waals surface area contributed by atoms with Crippen molar-refractivity contribution >= 4 is 0 Å². The lowest BCUT2D eigenvalue weighted by Crippen LogP contribution is -2.27. The predicted molar refractivity (Wildman–Crippen MR) is 61.5 cm³/mol. The first-order valence-corrected chi connectivity index (χ1v) is 5.96. The third-order valence-corrected chi connectivity index (χ3v) is 3.15. The van der Waals surface area contributed by atoms with Crippen LogP contribution in [0.2, 0.25) is 0 Å². The lowest BCUT2D eigenvalue weighted by Gasteiger charge is -2.27. The summed E-state index contributed by atoms with van der Waals surface area (Å²) in [5.41, 5.74) is -0.345. The van der Waals surface area contributed by atoms with Gasteiger partial charge in [0.05, 0.1) is 18.8 Å². The Hall–Kier alpha value is -1.20. The minimum atomic E-state index is -1.28. The van der Waals surface area contributed by atoms with Gasteiger partial charge < -0.3 is 14.6 Å². The Morgan fingerprint density at radius 3 is 2.50 bits per heavy atom. The lowest BCUT2D eigenvalue weighted by atomic mass is 9.97. The van der Waals surface area contributed by atoms with Gasteiger partial charge in [0.2, 0.25) is 0 Å². The Kier molecular flexibility index (Phi) is 4.14. The molecule has 0 spiro atoms. The van der Waals surface area contributed by atoms with Gasteiger partial charge >= 0.3 is 0 Å². The normalized spacial score (nSPS) is 21.7. The maximum atomic E-state index is 13.8. The van der Waals surface area contributed by atoms with Gasteiger partial charge in [-0.2, -0.15) is 0 Å². The average Bonchev–Trinajstić information content (AvgIpc) is 2.38. The molecular formula is C13H16F2O3. The second-order valence-corrected chi connectivity index (χ2v) is 4.35. The Morgan fingerprint density at radius 2 is 2.00 bits per heavy atom. The Morgan fingerprint density at radius 1 is 1.33 bits per heavy atom. The summed E-state index contributed by atoms with van der Waals surface area (Å²) in [4.78, 5) is 0. The number of hydrogen-bond donors (Lipinski definition) is 1. The highest BCUT2D eigenvalue weighted by Crippen LogP contribution is 2.31. The molecule has 0 aliphatic carbocycles. The molecule has 0 amide bonds. The Labute approximate surface area is 104 Å². The Balaban J connectivity index is 2.26. The predicted octanol–water partition coefficient (Wildman–Crippen LogP) is 2.58. The quantitative estimate of drug-likeness (QED) is 0.905. The minimum absolute atomic E-state index is 0.0884. The van der Waals surface area contributed by atoms with Crippen molar-refractivity contribution in [2.75, 3.05) is 13.7 Å². The molecule has 3 nitrogen and oxygen atoms in total. The minimum Gasteiger partial charge on any atom is -0.497 e. The largest absolute Gasteiger partial charge is 0.497 e. The number of aliphatic hydroxyl groups excluding tert-OH is 1. The van der Waals surface area contributed by atoms with E-state index in [1.54, 1.807) is 0 Å². The van der Waals surface area contributed by atoms with Gasteiger partial charge in [-0.1, -0.05) is 0 Å². The number of rotatable bonds is 3. The van der Waals surface area contributed by atoms with E-state index in [-0.39, 0.29) is 11.3 Å². The summed E-state index contributed by atoms with van der Waals surface area (Å²) in [6.07, 6.45) is 0.580. The van der Waals surface area contributed by atoms with Crippen LogP contribution < -0.4 is 4.74 Å². The third-order valence-electron chi connectivity index (χ3n) is 3.15. The maximum absolute atomic E-state index is 13.8. The van der Waals surface area contributed by atoms with Crippen molar-refractivity contribution in [3.63, 3.8) is 0 Å². The van der Waals surface area contributed by atoms with Crippen molar-refractivity contribution in [3.8, 4) is 5.75 Å². The van der Waals surface area contributed by atoms with E-state index in [9.17, 15) is 13.9 Å². The third kappa shape index (κ3) is 2.62. The second kappa shape index (κ2) is 5.63.